The lowest BCUT2D eigenvalue weighted by atomic mass is 10.2. The zero-order valence-electron chi connectivity index (χ0n) is 10.0. The fourth-order valence-corrected chi connectivity index (χ4v) is 1.70. The lowest BCUT2D eigenvalue weighted by molar-refractivity contribution is 0.0691. The Kier molecular flexibility index (Phi) is 6.18. The molecule has 0 fully saturated rings. The van der Waals surface area contributed by atoms with Crippen LogP contribution in [0.5, 0.6) is 0 Å². The molecule has 1 heterocycles. The van der Waals surface area contributed by atoms with Crippen molar-refractivity contribution in [2.75, 3.05) is 0 Å². The largest absolute Gasteiger partial charge is 0.476 e. The van der Waals surface area contributed by atoms with Crippen LogP contribution in [0.2, 0.25) is 0 Å². The molecule has 2 aromatic rings. The summed E-state index contributed by atoms with van der Waals surface area (Å²) in [6, 6.07) is 6.49. The molecular formula is C12H9N3O3S2. The number of isothiocyanates is 1. The normalized spacial score (nSPS) is 8.80. The van der Waals surface area contributed by atoms with E-state index in [-0.39, 0.29) is 5.69 Å². The fraction of sp³-hybridized carbons (Fsp3) is 0. The highest BCUT2D eigenvalue weighted by Gasteiger charge is 2.01. The Morgan fingerprint density at radius 2 is 2.00 bits per heavy atom. The summed E-state index contributed by atoms with van der Waals surface area (Å²) in [5, 5.41) is 11.9. The Hall–Kier alpha value is -2.41. The van der Waals surface area contributed by atoms with Gasteiger partial charge < -0.3 is 10.8 Å². The van der Waals surface area contributed by atoms with Gasteiger partial charge in [-0.25, -0.2) is 9.78 Å². The van der Waals surface area contributed by atoms with Gasteiger partial charge in [-0.15, -0.1) is 11.3 Å². The molecule has 1 aromatic heterocycles. The van der Waals surface area contributed by atoms with Crippen LogP contribution in [0.3, 0.4) is 0 Å². The van der Waals surface area contributed by atoms with Crippen molar-refractivity contribution in [3.05, 3.63) is 46.4 Å². The van der Waals surface area contributed by atoms with Crippen LogP contribution in [0.25, 0.3) is 0 Å². The minimum Gasteiger partial charge on any atom is -0.476 e. The molecule has 6 nitrogen and oxygen atoms in total. The fourth-order valence-electron chi connectivity index (χ4n) is 1.07. The first kappa shape index (κ1) is 15.6. The van der Waals surface area contributed by atoms with Crippen molar-refractivity contribution in [1.82, 2.24) is 4.98 Å². The van der Waals surface area contributed by atoms with Gasteiger partial charge in [-0.1, -0.05) is 0 Å². The molecule has 0 spiro atoms. The van der Waals surface area contributed by atoms with Crippen molar-refractivity contribution in [3.63, 3.8) is 0 Å². The maximum Gasteiger partial charge on any atom is 0.355 e. The van der Waals surface area contributed by atoms with E-state index < -0.39 is 11.9 Å². The van der Waals surface area contributed by atoms with Crippen LogP contribution in [0.1, 0.15) is 20.8 Å². The van der Waals surface area contributed by atoms with Crippen LogP contribution in [-0.4, -0.2) is 27.1 Å². The molecule has 0 unspecified atom stereocenters. The molecule has 2 rings (SSSR count). The van der Waals surface area contributed by atoms with Crippen molar-refractivity contribution >= 4 is 46.3 Å². The molecule has 8 heteroatoms. The number of carbonyl (C=O) groups is 2. The molecule has 3 N–H and O–H groups in total. The molecule has 0 aliphatic heterocycles. The molecule has 1 aromatic carbocycles. The molecular weight excluding hydrogens is 298 g/mol. The monoisotopic (exact) mass is 307 g/mol. The minimum absolute atomic E-state index is 0.120. The summed E-state index contributed by atoms with van der Waals surface area (Å²) >= 11 is 5.69. The van der Waals surface area contributed by atoms with E-state index in [4.69, 9.17) is 10.8 Å². The molecule has 102 valence electrons. The number of hydrogen-bond donors (Lipinski definition) is 2. The highest BCUT2D eigenvalue weighted by molar-refractivity contribution is 7.78. The Labute approximate surface area is 123 Å². The van der Waals surface area contributed by atoms with E-state index in [1.54, 1.807) is 24.3 Å². The summed E-state index contributed by atoms with van der Waals surface area (Å²) in [4.78, 5) is 27.9. The van der Waals surface area contributed by atoms with E-state index >= 15 is 0 Å². The number of benzene rings is 1. The number of thiazole rings is 1. The van der Waals surface area contributed by atoms with Gasteiger partial charge in [0.1, 0.15) is 0 Å². The van der Waals surface area contributed by atoms with E-state index in [9.17, 15) is 9.59 Å². The zero-order valence-corrected chi connectivity index (χ0v) is 11.6. The first-order valence-corrected chi connectivity index (χ1v) is 6.49. The van der Waals surface area contributed by atoms with E-state index in [1.165, 1.54) is 22.2 Å². The van der Waals surface area contributed by atoms with Crippen molar-refractivity contribution in [3.8, 4) is 0 Å². The van der Waals surface area contributed by atoms with Gasteiger partial charge in [0.15, 0.2) is 5.69 Å². The number of rotatable bonds is 3. The highest BCUT2D eigenvalue weighted by atomic mass is 32.1. The number of nitrogens with two attached hydrogens (primary N) is 1. The van der Waals surface area contributed by atoms with Gasteiger partial charge in [0.2, 0.25) is 5.91 Å². The van der Waals surface area contributed by atoms with Crippen LogP contribution in [0.4, 0.5) is 5.69 Å². The van der Waals surface area contributed by atoms with Crippen LogP contribution in [0, 0.1) is 0 Å². The Bertz CT molecular complexity index is 611. The third-order valence-electron chi connectivity index (χ3n) is 1.98. The Morgan fingerprint density at radius 1 is 1.35 bits per heavy atom. The van der Waals surface area contributed by atoms with E-state index in [0.29, 0.717) is 11.3 Å². The summed E-state index contributed by atoms with van der Waals surface area (Å²) in [6.45, 7) is 0. The summed E-state index contributed by atoms with van der Waals surface area (Å²) in [5.74, 6) is -1.42. The molecule has 0 aliphatic rings. The van der Waals surface area contributed by atoms with Gasteiger partial charge in [-0.05, 0) is 36.5 Å². The maximum absolute atomic E-state index is 10.6. The van der Waals surface area contributed by atoms with Crippen molar-refractivity contribution < 1.29 is 14.7 Å². The summed E-state index contributed by atoms with van der Waals surface area (Å²) in [7, 11) is 0. The van der Waals surface area contributed by atoms with E-state index in [0.717, 1.165) is 0 Å². The number of primary amides is 1. The lowest BCUT2D eigenvalue weighted by Gasteiger charge is -1.93. The molecule has 0 bridgehead atoms. The van der Waals surface area contributed by atoms with Crippen LogP contribution >= 0.6 is 23.6 Å². The average Bonchev–Trinajstić information content (AvgIpc) is 2.94. The minimum atomic E-state index is -0.966. The summed E-state index contributed by atoms with van der Waals surface area (Å²) in [6.07, 6.45) is 0. The third kappa shape index (κ3) is 5.07. The molecule has 20 heavy (non-hydrogen) atoms. The molecule has 0 aliphatic carbocycles. The number of amides is 1. The molecule has 0 atom stereocenters. The number of carboxylic acids is 1. The number of aromatic nitrogens is 1. The molecule has 0 radical (unpaired) electrons. The molecule has 0 saturated heterocycles. The predicted molar refractivity (Wildman–Crippen MR) is 78.7 cm³/mol. The smallest absolute Gasteiger partial charge is 0.355 e. The van der Waals surface area contributed by atoms with Crippen LogP contribution in [0.15, 0.2) is 40.1 Å². The molecule has 1 amide bonds. The Morgan fingerprint density at radius 3 is 2.35 bits per heavy atom. The third-order valence-corrected chi connectivity index (χ3v) is 2.66. The SMILES string of the molecule is NC(=O)c1ccc(N=C=S)cc1.O=C(O)c1cscn1. The van der Waals surface area contributed by atoms with Gasteiger partial charge in [-0.2, -0.15) is 4.99 Å². The number of hydrogen-bond acceptors (Lipinski definition) is 6. The second kappa shape index (κ2) is 7.90. The Balaban J connectivity index is 0.000000217. The van der Waals surface area contributed by atoms with E-state index in [2.05, 4.69) is 27.4 Å². The molecule has 0 saturated carbocycles. The van der Waals surface area contributed by atoms with Crippen molar-refractivity contribution in [2.24, 2.45) is 10.7 Å². The second-order valence-electron chi connectivity index (χ2n) is 3.29. The zero-order chi connectivity index (χ0) is 15.0. The second-order valence-corrected chi connectivity index (χ2v) is 4.19. The topological polar surface area (TPSA) is 106 Å². The van der Waals surface area contributed by atoms with Gasteiger partial charge in [0.25, 0.3) is 0 Å². The van der Waals surface area contributed by atoms with Gasteiger partial charge in [0.05, 0.1) is 16.4 Å². The highest BCUT2D eigenvalue weighted by Crippen LogP contribution is 2.11. The quantitative estimate of drug-likeness (QED) is 0.669. The van der Waals surface area contributed by atoms with E-state index in [1.807, 2.05) is 0 Å². The van der Waals surface area contributed by atoms with Gasteiger partial charge in [-0.3, -0.25) is 4.79 Å². The van der Waals surface area contributed by atoms with Gasteiger partial charge >= 0.3 is 5.97 Å². The maximum atomic E-state index is 10.6. The number of carbonyl (C=O) groups excluding carboxylic acids is 1. The predicted octanol–water partition coefficient (Wildman–Crippen LogP) is 2.36. The number of nitrogens with zero attached hydrogens (tertiary/aromatic N) is 2. The van der Waals surface area contributed by atoms with Gasteiger partial charge in [0, 0.05) is 10.9 Å². The average molecular weight is 307 g/mol. The van der Waals surface area contributed by atoms with Crippen molar-refractivity contribution in [1.29, 1.82) is 0 Å². The van der Waals surface area contributed by atoms with Crippen LogP contribution < -0.4 is 5.73 Å². The summed E-state index contributed by atoms with van der Waals surface area (Å²) < 4.78 is 0. The number of carboxylic acid groups (broad SMARTS) is 1. The first-order valence-electron chi connectivity index (χ1n) is 5.14. The number of aliphatic imine (C=N–C) groups is 1. The number of thiocarbonyl (C=S) groups is 1. The number of aromatic carboxylic acids is 1. The van der Waals surface area contributed by atoms with Crippen molar-refractivity contribution in [2.45, 2.75) is 0 Å². The van der Waals surface area contributed by atoms with Crippen LogP contribution in [-0.2, 0) is 0 Å². The standard InChI is InChI=1S/C8H6N2OS.C4H3NO2S/c9-8(11)6-1-3-7(4-2-6)10-5-12;6-4(7)3-1-8-2-5-3/h1-4H,(H2,9,11);1-2H,(H,6,7). The first-order chi connectivity index (χ1) is 9.54. The lowest BCUT2D eigenvalue weighted by Crippen LogP contribution is -2.10. The summed E-state index contributed by atoms with van der Waals surface area (Å²) in [5.41, 5.74) is 7.76.